The van der Waals surface area contributed by atoms with E-state index in [4.69, 9.17) is 14.1 Å². The van der Waals surface area contributed by atoms with E-state index in [9.17, 15) is 9.59 Å². The summed E-state index contributed by atoms with van der Waals surface area (Å²) in [6, 6.07) is 11.3. The van der Waals surface area contributed by atoms with Crippen molar-refractivity contribution in [3.05, 3.63) is 65.2 Å². The fraction of sp³-hybridized carbons (Fsp3) is 0.261. The highest BCUT2D eigenvalue weighted by molar-refractivity contribution is 6.07. The Bertz CT molecular complexity index is 1080. The first-order chi connectivity index (χ1) is 13.5. The number of carbonyl (C=O) groups is 2. The Morgan fingerprint density at radius 2 is 2.04 bits per heavy atom. The van der Waals surface area contributed by atoms with Crippen molar-refractivity contribution >= 4 is 34.3 Å². The monoisotopic (exact) mass is 375 g/mol. The van der Waals surface area contributed by atoms with Gasteiger partial charge in [-0.2, -0.15) is 0 Å². The highest BCUT2D eigenvalue weighted by Gasteiger charge is 2.29. The molecule has 0 radical (unpaired) electrons. The molecule has 0 fully saturated rings. The molecule has 0 saturated heterocycles. The number of hydrogen-bond acceptors (Lipinski definition) is 5. The zero-order chi connectivity index (χ0) is 19.7. The Balaban J connectivity index is 1.92. The molecule has 0 spiro atoms. The number of carbonyl (C=O) groups excluding carboxylic acids is 2. The average Bonchev–Trinajstić information content (AvgIpc) is 3.17. The van der Waals surface area contributed by atoms with Gasteiger partial charge in [0.05, 0.1) is 23.0 Å². The number of ether oxygens (including phenoxy) is 1. The quantitative estimate of drug-likeness (QED) is 0.619. The Morgan fingerprint density at radius 3 is 2.79 bits per heavy atom. The Labute approximate surface area is 163 Å². The van der Waals surface area contributed by atoms with Crippen LogP contribution in [-0.4, -0.2) is 23.3 Å². The van der Waals surface area contributed by atoms with Gasteiger partial charge in [0.2, 0.25) is 0 Å². The Hall–Kier alpha value is -3.21. The van der Waals surface area contributed by atoms with Gasteiger partial charge in [0.15, 0.2) is 5.78 Å². The van der Waals surface area contributed by atoms with E-state index in [1.165, 1.54) is 6.92 Å². The van der Waals surface area contributed by atoms with Crippen LogP contribution in [0.2, 0.25) is 0 Å². The molecule has 0 saturated carbocycles. The highest BCUT2D eigenvalue weighted by Crippen LogP contribution is 2.38. The van der Waals surface area contributed by atoms with Gasteiger partial charge in [-0.1, -0.05) is 25.1 Å². The summed E-state index contributed by atoms with van der Waals surface area (Å²) in [6.45, 7) is 3.33. The second kappa shape index (κ2) is 7.43. The van der Waals surface area contributed by atoms with E-state index in [0.717, 1.165) is 46.3 Å². The molecule has 1 unspecified atom stereocenters. The van der Waals surface area contributed by atoms with Gasteiger partial charge in [-0.15, -0.1) is 0 Å². The molecule has 28 heavy (non-hydrogen) atoms. The molecular formula is C23H21NO4. The third-order valence-electron chi connectivity index (χ3n) is 4.89. The van der Waals surface area contributed by atoms with Crippen molar-refractivity contribution in [2.75, 3.05) is 6.61 Å². The lowest BCUT2D eigenvalue weighted by Crippen LogP contribution is -2.20. The summed E-state index contributed by atoms with van der Waals surface area (Å²) < 4.78 is 10.8. The minimum Gasteiger partial charge on any atom is -0.465 e. The summed E-state index contributed by atoms with van der Waals surface area (Å²) >= 11 is 0. The maximum absolute atomic E-state index is 12.9. The number of furan rings is 1. The summed E-state index contributed by atoms with van der Waals surface area (Å²) in [7, 11) is 0. The lowest BCUT2D eigenvalue weighted by atomic mass is 9.81. The number of ketones is 1. The van der Waals surface area contributed by atoms with Crippen molar-refractivity contribution in [1.29, 1.82) is 0 Å². The first kappa shape index (κ1) is 18.2. The number of para-hydroxylation sites is 1. The maximum Gasteiger partial charge on any atom is 0.339 e. The van der Waals surface area contributed by atoms with Crippen LogP contribution < -0.4 is 0 Å². The van der Waals surface area contributed by atoms with Crippen molar-refractivity contribution in [3.63, 3.8) is 0 Å². The zero-order valence-corrected chi connectivity index (χ0v) is 15.9. The first-order valence-corrected chi connectivity index (χ1v) is 9.35. The SMILES string of the molecule is CC(=O)COC(=O)c1c2c(nc3ccccc13)/C(=C\c1ccco1)CC(C)C2. The number of Topliss-reactive ketones (excluding diaryl/α,β-unsaturated/α-hetero) is 1. The summed E-state index contributed by atoms with van der Waals surface area (Å²) in [5, 5.41) is 0.751. The van der Waals surface area contributed by atoms with Gasteiger partial charge in [0.1, 0.15) is 12.4 Å². The van der Waals surface area contributed by atoms with Crippen LogP contribution in [0, 0.1) is 5.92 Å². The number of pyridine rings is 1. The molecule has 4 rings (SSSR count). The lowest BCUT2D eigenvalue weighted by Gasteiger charge is -2.26. The molecular weight excluding hydrogens is 354 g/mol. The van der Waals surface area contributed by atoms with Crippen LogP contribution in [0.4, 0.5) is 0 Å². The van der Waals surface area contributed by atoms with Crippen LogP contribution >= 0.6 is 0 Å². The van der Waals surface area contributed by atoms with E-state index in [1.54, 1.807) is 6.26 Å². The normalized spacial score (nSPS) is 17.5. The van der Waals surface area contributed by atoms with Crippen molar-refractivity contribution in [2.45, 2.75) is 26.7 Å². The van der Waals surface area contributed by atoms with Crippen molar-refractivity contribution in [1.82, 2.24) is 4.98 Å². The van der Waals surface area contributed by atoms with Crippen molar-refractivity contribution < 1.29 is 18.7 Å². The van der Waals surface area contributed by atoms with Crippen LogP contribution in [0.3, 0.4) is 0 Å². The fourth-order valence-electron chi connectivity index (χ4n) is 3.75. The molecule has 1 atom stereocenters. The second-order valence-electron chi connectivity index (χ2n) is 7.31. The molecule has 5 nitrogen and oxygen atoms in total. The molecule has 0 N–H and O–H groups in total. The molecule has 0 amide bonds. The zero-order valence-electron chi connectivity index (χ0n) is 15.9. The first-order valence-electron chi connectivity index (χ1n) is 9.35. The largest absolute Gasteiger partial charge is 0.465 e. The van der Waals surface area contributed by atoms with E-state index in [0.29, 0.717) is 11.5 Å². The summed E-state index contributed by atoms with van der Waals surface area (Å²) in [5.74, 6) is 0.436. The number of benzene rings is 1. The molecule has 0 aliphatic heterocycles. The molecule has 2 heterocycles. The lowest BCUT2D eigenvalue weighted by molar-refractivity contribution is -0.120. The van der Waals surface area contributed by atoms with Gasteiger partial charge in [-0.05, 0) is 61.1 Å². The number of rotatable bonds is 4. The van der Waals surface area contributed by atoms with E-state index >= 15 is 0 Å². The van der Waals surface area contributed by atoms with Gasteiger partial charge in [0, 0.05) is 5.39 Å². The second-order valence-corrected chi connectivity index (χ2v) is 7.31. The van der Waals surface area contributed by atoms with E-state index in [2.05, 4.69) is 6.92 Å². The van der Waals surface area contributed by atoms with Crippen LogP contribution in [0.25, 0.3) is 22.6 Å². The van der Waals surface area contributed by atoms with Crippen LogP contribution in [-0.2, 0) is 16.0 Å². The number of aromatic nitrogens is 1. The number of allylic oxidation sites excluding steroid dienone is 1. The minimum absolute atomic E-state index is 0.188. The number of esters is 1. The van der Waals surface area contributed by atoms with Gasteiger partial charge in [-0.3, -0.25) is 4.79 Å². The summed E-state index contributed by atoms with van der Waals surface area (Å²) in [6.07, 6.45) is 5.20. The molecule has 142 valence electrons. The van der Waals surface area contributed by atoms with Crippen LogP contribution in [0.15, 0.2) is 47.1 Å². The summed E-state index contributed by atoms with van der Waals surface area (Å²) in [4.78, 5) is 29.1. The molecule has 3 aromatic rings. The van der Waals surface area contributed by atoms with E-state index in [-0.39, 0.29) is 12.4 Å². The predicted molar refractivity (Wildman–Crippen MR) is 107 cm³/mol. The number of nitrogens with zero attached hydrogens (tertiary/aromatic N) is 1. The van der Waals surface area contributed by atoms with E-state index in [1.807, 2.05) is 42.5 Å². The van der Waals surface area contributed by atoms with Gasteiger partial charge < -0.3 is 9.15 Å². The molecule has 0 bridgehead atoms. The minimum atomic E-state index is -0.475. The maximum atomic E-state index is 12.9. The Morgan fingerprint density at radius 1 is 1.21 bits per heavy atom. The van der Waals surface area contributed by atoms with E-state index < -0.39 is 5.97 Å². The van der Waals surface area contributed by atoms with Crippen LogP contribution in [0.5, 0.6) is 0 Å². The predicted octanol–water partition coefficient (Wildman–Crippen LogP) is 4.70. The standard InChI is InChI=1S/C23H21NO4/c1-14-10-16(12-17-6-5-9-27-17)22-19(11-14)21(23(26)28-13-15(2)25)18-7-3-4-8-20(18)24-22/h3-9,12,14H,10-11,13H2,1-2H3/b16-12-. The highest BCUT2D eigenvalue weighted by atomic mass is 16.5. The number of fused-ring (bicyclic) bond motifs is 2. The van der Waals surface area contributed by atoms with Crippen molar-refractivity contribution in [2.24, 2.45) is 5.92 Å². The topological polar surface area (TPSA) is 69.4 Å². The average molecular weight is 375 g/mol. The number of hydrogen-bond donors (Lipinski definition) is 0. The van der Waals surface area contributed by atoms with Gasteiger partial charge in [-0.25, -0.2) is 9.78 Å². The van der Waals surface area contributed by atoms with Gasteiger partial charge >= 0.3 is 5.97 Å². The molecule has 1 aromatic carbocycles. The molecule has 1 aliphatic carbocycles. The van der Waals surface area contributed by atoms with Crippen molar-refractivity contribution in [3.8, 4) is 0 Å². The molecule has 1 aliphatic rings. The van der Waals surface area contributed by atoms with Gasteiger partial charge in [0.25, 0.3) is 0 Å². The fourth-order valence-corrected chi connectivity index (χ4v) is 3.75. The third-order valence-corrected chi connectivity index (χ3v) is 4.89. The molecule has 2 aromatic heterocycles. The third kappa shape index (κ3) is 3.48. The summed E-state index contributed by atoms with van der Waals surface area (Å²) in [5.41, 5.74) is 3.97. The van der Waals surface area contributed by atoms with Crippen LogP contribution in [0.1, 0.15) is 47.6 Å². The Kier molecular flexibility index (Phi) is 4.82. The smallest absolute Gasteiger partial charge is 0.339 e. The molecule has 5 heteroatoms.